The smallest absolute Gasteiger partial charge is 0.451 e. The van der Waals surface area contributed by atoms with E-state index in [0.29, 0.717) is 25.7 Å². The molecule has 2 rings (SSSR count). The van der Waals surface area contributed by atoms with Gasteiger partial charge in [-0.15, -0.1) is 0 Å². The fraction of sp³-hybridized carbons (Fsp3) is 0.667. The first kappa shape index (κ1) is 25.1. The van der Waals surface area contributed by atoms with E-state index in [1.54, 1.807) is 0 Å². The van der Waals surface area contributed by atoms with Gasteiger partial charge < -0.3 is 25.8 Å². The highest BCUT2D eigenvalue weighted by molar-refractivity contribution is 6.40. The first-order valence-corrected chi connectivity index (χ1v) is 11.2. The molecule has 1 fully saturated rings. The molecule has 0 aliphatic carbocycles. The Morgan fingerprint density at radius 2 is 1.77 bits per heavy atom. The molecule has 9 heteroatoms. The lowest BCUT2D eigenvalue weighted by atomic mass is 9.81. The maximum atomic E-state index is 11.6. The van der Waals surface area contributed by atoms with Crippen LogP contribution in [0.15, 0.2) is 18.2 Å². The van der Waals surface area contributed by atoms with Gasteiger partial charge >= 0.3 is 13.1 Å². The number of hydrogen-bond donors (Lipinski definition) is 4. The molecule has 1 atom stereocenters. The van der Waals surface area contributed by atoms with Crippen molar-refractivity contribution < 1.29 is 19.9 Å². The number of aryl methyl sites for hydroxylation is 1. The van der Waals surface area contributed by atoms with Crippen molar-refractivity contribution in [3.8, 4) is 0 Å². The second kappa shape index (κ2) is 12.0. The van der Waals surface area contributed by atoms with Crippen LogP contribution >= 0.6 is 11.6 Å². The Hall–Kier alpha value is -1.16. The van der Waals surface area contributed by atoms with Gasteiger partial charge in [-0.1, -0.05) is 36.6 Å². The van der Waals surface area contributed by atoms with Crippen molar-refractivity contribution in [2.45, 2.75) is 57.4 Å². The predicted molar refractivity (Wildman–Crippen MR) is 121 cm³/mol. The van der Waals surface area contributed by atoms with Crippen molar-refractivity contribution in [3.63, 3.8) is 0 Å². The number of rotatable bonds is 12. The Morgan fingerprint density at radius 3 is 2.37 bits per heavy atom. The standard InChI is InChI=1S/C21H35BClN3O4/c1-17-5-6-18(15-19(17)23)16-26-13-11-25(12-14-26)10-4-8-21(24,20(27)28)7-2-3-9-22(29)30/h5-6,15,29-30H,2-4,7-14,16,24H2,1H3,(H,27,28). The van der Waals surface area contributed by atoms with Crippen LogP contribution in [0.2, 0.25) is 11.3 Å². The monoisotopic (exact) mass is 439 g/mol. The minimum Gasteiger partial charge on any atom is -0.480 e. The lowest BCUT2D eigenvalue weighted by Crippen LogP contribution is -2.49. The van der Waals surface area contributed by atoms with Crippen LogP contribution in [0, 0.1) is 6.92 Å². The van der Waals surface area contributed by atoms with E-state index in [0.717, 1.165) is 56.3 Å². The third kappa shape index (κ3) is 8.17. The summed E-state index contributed by atoms with van der Waals surface area (Å²) in [6, 6.07) is 6.22. The van der Waals surface area contributed by atoms with Gasteiger partial charge in [-0.2, -0.15) is 0 Å². The Bertz CT molecular complexity index is 686. The maximum Gasteiger partial charge on any atom is 0.451 e. The average Bonchev–Trinajstić information content (AvgIpc) is 2.69. The molecule has 0 spiro atoms. The highest BCUT2D eigenvalue weighted by atomic mass is 35.5. The van der Waals surface area contributed by atoms with Gasteiger partial charge in [0.1, 0.15) is 5.54 Å². The van der Waals surface area contributed by atoms with E-state index in [9.17, 15) is 9.90 Å². The summed E-state index contributed by atoms with van der Waals surface area (Å²) in [4.78, 5) is 16.4. The third-order valence-electron chi connectivity index (χ3n) is 5.97. The third-order valence-corrected chi connectivity index (χ3v) is 6.37. The average molecular weight is 440 g/mol. The number of halogens is 1. The highest BCUT2D eigenvalue weighted by Crippen LogP contribution is 2.21. The van der Waals surface area contributed by atoms with E-state index >= 15 is 0 Å². The van der Waals surface area contributed by atoms with Crippen molar-refractivity contribution in [1.82, 2.24) is 9.80 Å². The zero-order valence-corrected chi connectivity index (χ0v) is 18.7. The minimum atomic E-state index is -1.34. The molecule has 1 heterocycles. The van der Waals surface area contributed by atoms with Crippen LogP contribution in [0.5, 0.6) is 0 Å². The molecule has 1 aromatic rings. The van der Waals surface area contributed by atoms with Crippen molar-refractivity contribution in [2.24, 2.45) is 5.73 Å². The van der Waals surface area contributed by atoms with Crippen LogP contribution in [0.25, 0.3) is 0 Å². The number of carboxylic acid groups (broad SMARTS) is 1. The summed E-state index contributed by atoms with van der Waals surface area (Å²) in [5.41, 5.74) is 7.21. The number of carboxylic acids is 1. The zero-order chi connectivity index (χ0) is 22.1. The summed E-state index contributed by atoms with van der Waals surface area (Å²) >= 11 is 6.22. The van der Waals surface area contributed by atoms with Gasteiger partial charge in [-0.3, -0.25) is 9.69 Å². The number of aliphatic carboxylic acids is 1. The van der Waals surface area contributed by atoms with Crippen LogP contribution in [-0.2, 0) is 11.3 Å². The topological polar surface area (TPSA) is 110 Å². The Balaban J connectivity index is 1.69. The molecule has 1 aromatic carbocycles. The second-order valence-corrected chi connectivity index (χ2v) is 8.90. The molecule has 168 valence electrons. The number of nitrogens with two attached hydrogens (primary N) is 1. The van der Waals surface area contributed by atoms with Gasteiger partial charge in [-0.05, 0) is 56.2 Å². The molecule has 0 bridgehead atoms. The van der Waals surface area contributed by atoms with E-state index in [4.69, 9.17) is 27.4 Å². The summed E-state index contributed by atoms with van der Waals surface area (Å²) in [5, 5.41) is 28.1. The molecule has 1 unspecified atom stereocenters. The number of carbonyl (C=O) groups is 1. The normalized spacial score (nSPS) is 17.6. The lowest BCUT2D eigenvalue weighted by molar-refractivity contribution is -0.144. The van der Waals surface area contributed by atoms with E-state index < -0.39 is 18.6 Å². The molecule has 30 heavy (non-hydrogen) atoms. The van der Waals surface area contributed by atoms with E-state index in [1.165, 1.54) is 5.56 Å². The quantitative estimate of drug-likeness (QED) is 0.291. The SMILES string of the molecule is Cc1ccc(CN2CCN(CCCC(N)(CCCCB(O)O)C(=O)O)CC2)cc1Cl. The fourth-order valence-corrected chi connectivity index (χ4v) is 4.09. The van der Waals surface area contributed by atoms with Crippen LogP contribution in [0.3, 0.4) is 0 Å². The Kier molecular flexibility index (Phi) is 10.1. The summed E-state index contributed by atoms with van der Waals surface area (Å²) in [6.07, 6.45) is 2.88. The van der Waals surface area contributed by atoms with Crippen molar-refractivity contribution in [1.29, 1.82) is 0 Å². The first-order valence-electron chi connectivity index (χ1n) is 10.8. The zero-order valence-electron chi connectivity index (χ0n) is 17.9. The van der Waals surface area contributed by atoms with Crippen molar-refractivity contribution in [3.05, 3.63) is 34.3 Å². The van der Waals surface area contributed by atoms with Crippen LogP contribution in [0.1, 0.15) is 43.2 Å². The molecule has 0 saturated carbocycles. The van der Waals surface area contributed by atoms with Gasteiger partial charge in [-0.25, -0.2) is 0 Å². The molecule has 0 amide bonds. The molecule has 0 aromatic heterocycles. The number of benzene rings is 1. The predicted octanol–water partition coefficient (Wildman–Crippen LogP) is 1.97. The molecular formula is C21H35BClN3O4. The number of piperazine rings is 1. The summed E-state index contributed by atoms with van der Waals surface area (Å²) in [6.45, 7) is 7.60. The number of hydrogen-bond acceptors (Lipinski definition) is 6. The van der Waals surface area contributed by atoms with Crippen LogP contribution in [-0.4, -0.2) is 76.3 Å². The number of nitrogens with zero attached hydrogens (tertiary/aromatic N) is 2. The molecule has 7 nitrogen and oxygen atoms in total. The van der Waals surface area contributed by atoms with Crippen LogP contribution in [0.4, 0.5) is 0 Å². The van der Waals surface area contributed by atoms with Gasteiger partial charge in [0.25, 0.3) is 0 Å². The van der Waals surface area contributed by atoms with Crippen molar-refractivity contribution in [2.75, 3.05) is 32.7 Å². The van der Waals surface area contributed by atoms with Gasteiger partial charge in [0.15, 0.2) is 0 Å². The summed E-state index contributed by atoms with van der Waals surface area (Å²) in [5.74, 6) is -0.978. The molecule has 0 radical (unpaired) electrons. The van der Waals surface area contributed by atoms with E-state index in [-0.39, 0.29) is 6.32 Å². The molecular weight excluding hydrogens is 405 g/mol. The molecule has 5 N–H and O–H groups in total. The van der Waals surface area contributed by atoms with E-state index in [2.05, 4.69) is 21.9 Å². The first-order chi connectivity index (χ1) is 14.2. The van der Waals surface area contributed by atoms with E-state index in [1.807, 2.05) is 13.0 Å². The van der Waals surface area contributed by atoms with Crippen LogP contribution < -0.4 is 5.73 Å². The summed E-state index contributed by atoms with van der Waals surface area (Å²) in [7, 11) is -1.34. The van der Waals surface area contributed by atoms with Gasteiger partial charge in [0.2, 0.25) is 0 Å². The highest BCUT2D eigenvalue weighted by Gasteiger charge is 2.33. The minimum absolute atomic E-state index is 0.245. The molecule has 1 saturated heterocycles. The Labute approximate surface area is 184 Å². The second-order valence-electron chi connectivity index (χ2n) is 8.49. The largest absolute Gasteiger partial charge is 0.480 e. The molecule has 1 aliphatic rings. The molecule has 1 aliphatic heterocycles. The maximum absolute atomic E-state index is 11.6. The van der Waals surface area contributed by atoms with Gasteiger partial charge in [0, 0.05) is 37.7 Å². The lowest BCUT2D eigenvalue weighted by Gasteiger charge is -2.35. The van der Waals surface area contributed by atoms with Gasteiger partial charge in [0.05, 0.1) is 0 Å². The summed E-state index contributed by atoms with van der Waals surface area (Å²) < 4.78 is 0. The Morgan fingerprint density at radius 1 is 1.13 bits per heavy atom. The van der Waals surface area contributed by atoms with Crippen molar-refractivity contribution >= 4 is 24.7 Å². The number of unbranched alkanes of at least 4 members (excludes halogenated alkanes) is 1. The fourth-order valence-electron chi connectivity index (χ4n) is 3.89.